The van der Waals surface area contributed by atoms with Gasteiger partial charge in [0.05, 0.1) is 0 Å². The molecule has 1 aliphatic heterocycles. The molecule has 5 heteroatoms. The Balaban J connectivity index is 1.38. The Hall–Kier alpha value is -3.21. The fraction of sp³-hybridized carbons (Fsp3) is 0.227. The number of carbonyl (C=O) groups excluding carboxylic acids is 1. The number of nitrogens with one attached hydrogen (secondary N) is 1. The Morgan fingerprint density at radius 2 is 1.78 bits per heavy atom. The molecule has 1 aliphatic rings. The third-order valence-electron chi connectivity index (χ3n) is 4.90. The SMILES string of the molecule is Cc1ccc(CNc2ccc(C(=O)N3CCc4ccccc4C3)nn2)cc1. The van der Waals surface area contributed by atoms with E-state index in [9.17, 15) is 4.79 Å². The van der Waals surface area contributed by atoms with Gasteiger partial charge >= 0.3 is 0 Å². The van der Waals surface area contributed by atoms with Gasteiger partial charge in [0.1, 0.15) is 5.82 Å². The highest BCUT2D eigenvalue weighted by molar-refractivity contribution is 5.92. The van der Waals surface area contributed by atoms with E-state index >= 15 is 0 Å². The number of hydrogen-bond donors (Lipinski definition) is 1. The fourth-order valence-electron chi connectivity index (χ4n) is 3.27. The molecule has 2 heterocycles. The molecule has 0 bridgehead atoms. The molecule has 2 aromatic carbocycles. The third-order valence-corrected chi connectivity index (χ3v) is 4.90. The minimum atomic E-state index is -0.0675. The number of benzene rings is 2. The van der Waals surface area contributed by atoms with Crippen molar-refractivity contribution in [2.45, 2.75) is 26.4 Å². The highest BCUT2D eigenvalue weighted by Crippen LogP contribution is 2.20. The summed E-state index contributed by atoms with van der Waals surface area (Å²) in [4.78, 5) is 14.6. The molecule has 1 N–H and O–H groups in total. The molecule has 0 atom stereocenters. The molecule has 1 amide bonds. The fourth-order valence-corrected chi connectivity index (χ4v) is 3.27. The molecule has 136 valence electrons. The predicted octanol–water partition coefficient (Wildman–Crippen LogP) is 3.60. The molecular formula is C22H22N4O. The average molecular weight is 358 g/mol. The number of carbonyl (C=O) groups is 1. The maximum atomic E-state index is 12.7. The van der Waals surface area contributed by atoms with Gasteiger partial charge in [-0.1, -0.05) is 54.1 Å². The Labute approximate surface area is 159 Å². The first-order chi connectivity index (χ1) is 13.2. The molecular weight excluding hydrogens is 336 g/mol. The van der Waals surface area contributed by atoms with Crippen LogP contribution in [0.4, 0.5) is 5.82 Å². The number of hydrogen-bond acceptors (Lipinski definition) is 4. The Kier molecular flexibility index (Phi) is 4.83. The van der Waals surface area contributed by atoms with E-state index in [4.69, 9.17) is 0 Å². The van der Waals surface area contributed by atoms with Crippen LogP contribution in [-0.2, 0) is 19.5 Å². The Morgan fingerprint density at radius 1 is 1.00 bits per heavy atom. The van der Waals surface area contributed by atoms with Gasteiger partial charge in [0.15, 0.2) is 5.69 Å². The lowest BCUT2D eigenvalue weighted by Crippen LogP contribution is -2.36. The third kappa shape index (κ3) is 3.97. The number of aromatic nitrogens is 2. The van der Waals surface area contributed by atoms with E-state index < -0.39 is 0 Å². The summed E-state index contributed by atoms with van der Waals surface area (Å²) in [5.74, 6) is 0.596. The number of amides is 1. The molecule has 4 rings (SSSR count). The van der Waals surface area contributed by atoms with Crippen LogP contribution in [0.25, 0.3) is 0 Å². The number of fused-ring (bicyclic) bond motifs is 1. The van der Waals surface area contributed by atoms with Gasteiger partial charge in [0.2, 0.25) is 0 Å². The first-order valence-electron chi connectivity index (χ1n) is 9.18. The van der Waals surface area contributed by atoms with E-state index in [2.05, 4.69) is 58.8 Å². The zero-order chi connectivity index (χ0) is 18.6. The van der Waals surface area contributed by atoms with Gasteiger partial charge < -0.3 is 10.2 Å². The number of anilines is 1. The van der Waals surface area contributed by atoms with E-state index in [0.29, 0.717) is 31.1 Å². The van der Waals surface area contributed by atoms with Gasteiger partial charge in [-0.15, -0.1) is 10.2 Å². The van der Waals surface area contributed by atoms with Crippen molar-refractivity contribution in [1.82, 2.24) is 15.1 Å². The Morgan fingerprint density at radius 3 is 2.52 bits per heavy atom. The molecule has 5 nitrogen and oxygen atoms in total. The van der Waals surface area contributed by atoms with Crippen molar-refractivity contribution in [1.29, 1.82) is 0 Å². The number of aryl methyl sites for hydroxylation is 1. The average Bonchev–Trinajstić information content (AvgIpc) is 2.73. The number of nitrogens with zero attached hydrogens (tertiary/aromatic N) is 3. The molecule has 0 saturated heterocycles. The lowest BCUT2D eigenvalue weighted by molar-refractivity contribution is 0.0727. The molecule has 27 heavy (non-hydrogen) atoms. The van der Waals surface area contributed by atoms with Gasteiger partial charge in [-0.25, -0.2) is 0 Å². The van der Waals surface area contributed by atoms with Crippen LogP contribution >= 0.6 is 0 Å². The van der Waals surface area contributed by atoms with E-state index in [-0.39, 0.29) is 5.91 Å². The van der Waals surface area contributed by atoms with Crippen molar-refractivity contribution in [3.8, 4) is 0 Å². The molecule has 1 aromatic heterocycles. The molecule has 0 fully saturated rings. The topological polar surface area (TPSA) is 58.1 Å². The molecule has 0 radical (unpaired) electrons. The van der Waals surface area contributed by atoms with Gasteiger partial charge in [0.25, 0.3) is 5.91 Å². The molecule has 0 saturated carbocycles. The normalized spacial score (nSPS) is 13.1. The van der Waals surface area contributed by atoms with Crippen LogP contribution in [0.1, 0.15) is 32.7 Å². The second-order valence-corrected chi connectivity index (χ2v) is 6.89. The smallest absolute Gasteiger partial charge is 0.274 e. The van der Waals surface area contributed by atoms with Crippen LogP contribution in [0.5, 0.6) is 0 Å². The summed E-state index contributed by atoms with van der Waals surface area (Å²) < 4.78 is 0. The van der Waals surface area contributed by atoms with Crippen LogP contribution in [0.3, 0.4) is 0 Å². The van der Waals surface area contributed by atoms with Crippen molar-refractivity contribution in [3.63, 3.8) is 0 Å². The molecule has 0 spiro atoms. The summed E-state index contributed by atoms with van der Waals surface area (Å²) in [5.41, 5.74) is 5.33. The summed E-state index contributed by atoms with van der Waals surface area (Å²) in [6, 6.07) is 20.2. The van der Waals surface area contributed by atoms with Gasteiger partial charge in [-0.05, 0) is 42.2 Å². The second-order valence-electron chi connectivity index (χ2n) is 6.89. The second kappa shape index (κ2) is 7.58. The molecule has 3 aromatic rings. The van der Waals surface area contributed by atoms with E-state index in [1.54, 1.807) is 6.07 Å². The van der Waals surface area contributed by atoms with E-state index in [1.165, 1.54) is 22.3 Å². The van der Waals surface area contributed by atoms with Crippen molar-refractivity contribution in [2.75, 3.05) is 11.9 Å². The summed E-state index contributed by atoms with van der Waals surface area (Å²) in [7, 11) is 0. The summed E-state index contributed by atoms with van der Waals surface area (Å²) in [6.07, 6.45) is 0.880. The quantitative estimate of drug-likeness (QED) is 0.774. The lowest BCUT2D eigenvalue weighted by atomic mass is 10.00. The molecule has 0 aliphatic carbocycles. The van der Waals surface area contributed by atoms with Crippen LogP contribution < -0.4 is 5.32 Å². The largest absolute Gasteiger partial charge is 0.365 e. The van der Waals surface area contributed by atoms with Crippen LogP contribution in [0.15, 0.2) is 60.7 Å². The minimum absolute atomic E-state index is 0.0675. The van der Waals surface area contributed by atoms with Gasteiger partial charge in [-0.2, -0.15) is 0 Å². The van der Waals surface area contributed by atoms with Gasteiger partial charge in [0, 0.05) is 19.6 Å². The Bertz CT molecular complexity index is 935. The van der Waals surface area contributed by atoms with Crippen molar-refractivity contribution >= 4 is 11.7 Å². The van der Waals surface area contributed by atoms with Crippen molar-refractivity contribution in [3.05, 3.63) is 88.6 Å². The lowest BCUT2D eigenvalue weighted by Gasteiger charge is -2.28. The van der Waals surface area contributed by atoms with Gasteiger partial charge in [-0.3, -0.25) is 4.79 Å². The van der Waals surface area contributed by atoms with E-state index in [0.717, 1.165) is 6.42 Å². The monoisotopic (exact) mass is 358 g/mol. The maximum absolute atomic E-state index is 12.7. The van der Waals surface area contributed by atoms with Crippen LogP contribution in [0.2, 0.25) is 0 Å². The van der Waals surface area contributed by atoms with Crippen LogP contribution in [0, 0.1) is 6.92 Å². The van der Waals surface area contributed by atoms with Crippen molar-refractivity contribution in [2.24, 2.45) is 0 Å². The zero-order valence-electron chi connectivity index (χ0n) is 15.4. The minimum Gasteiger partial charge on any atom is -0.365 e. The first kappa shape index (κ1) is 17.2. The highest BCUT2D eigenvalue weighted by Gasteiger charge is 2.22. The predicted molar refractivity (Wildman–Crippen MR) is 105 cm³/mol. The number of rotatable bonds is 4. The maximum Gasteiger partial charge on any atom is 0.274 e. The molecule has 0 unspecified atom stereocenters. The standard InChI is InChI=1S/C22H22N4O/c1-16-6-8-17(9-7-16)14-23-21-11-10-20(24-25-21)22(27)26-13-12-18-4-2-3-5-19(18)15-26/h2-11H,12-15H2,1H3,(H,23,25). The van der Waals surface area contributed by atoms with E-state index in [1.807, 2.05) is 23.1 Å². The van der Waals surface area contributed by atoms with Crippen LogP contribution in [-0.4, -0.2) is 27.5 Å². The first-order valence-corrected chi connectivity index (χ1v) is 9.18. The van der Waals surface area contributed by atoms with Crippen molar-refractivity contribution < 1.29 is 4.79 Å². The highest BCUT2D eigenvalue weighted by atomic mass is 16.2. The summed E-state index contributed by atoms with van der Waals surface area (Å²) >= 11 is 0. The zero-order valence-corrected chi connectivity index (χ0v) is 15.4. The summed E-state index contributed by atoms with van der Waals surface area (Å²) in [6.45, 7) is 4.08. The summed E-state index contributed by atoms with van der Waals surface area (Å²) in [5, 5.41) is 11.5.